The second-order valence-corrected chi connectivity index (χ2v) is 5.21. The first kappa shape index (κ1) is 11.0. The zero-order valence-corrected chi connectivity index (χ0v) is 9.47. The van der Waals surface area contributed by atoms with E-state index >= 15 is 0 Å². The van der Waals surface area contributed by atoms with Crippen molar-refractivity contribution in [3.8, 4) is 0 Å². The largest absolute Gasteiger partial charge is 0.325 e. The van der Waals surface area contributed by atoms with E-state index in [-0.39, 0.29) is 5.54 Å². The predicted molar refractivity (Wildman–Crippen MR) is 58.6 cm³/mol. The molecule has 1 fully saturated rings. The van der Waals surface area contributed by atoms with Crippen molar-refractivity contribution < 1.29 is 0 Å². The highest BCUT2D eigenvalue weighted by Gasteiger charge is 2.32. The molecule has 1 heteroatoms. The third-order valence-electron chi connectivity index (χ3n) is 3.98. The molecule has 1 rings (SSSR count). The fourth-order valence-corrected chi connectivity index (χ4v) is 2.37. The lowest BCUT2D eigenvalue weighted by Gasteiger charge is -2.37. The Morgan fingerprint density at radius 2 is 1.54 bits per heavy atom. The third-order valence-corrected chi connectivity index (χ3v) is 3.98. The maximum atomic E-state index is 6.40. The minimum absolute atomic E-state index is 0.0599. The molecular weight excluding hydrogens is 158 g/mol. The van der Waals surface area contributed by atoms with Crippen molar-refractivity contribution >= 4 is 0 Å². The Kier molecular flexibility index (Phi) is 3.78. The van der Waals surface area contributed by atoms with Gasteiger partial charge in [0.25, 0.3) is 0 Å². The van der Waals surface area contributed by atoms with Crippen LogP contribution in [0.15, 0.2) is 0 Å². The molecule has 1 aliphatic rings. The zero-order chi connectivity index (χ0) is 9.90. The summed E-state index contributed by atoms with van der Waals surface area (Å²) in [5.74, 6) is 1.37. The van der Waals surface area contributed by atoms with Gasteiger partial charge >= 0.3 is 0 Å². The molecule has 1 nitrogen and oxygen atoms in total. The molecule has 1 unspecified atom stereocenters. The summed E-state index contributed by atoms with van der Waals surface area (Å²) in [7, 11) is 0. The van der Waals surface area contributed by atoms with E-state index in [0.717, 1.165) is 5.92 Å². The first-order chi connectivity index (χ1) is 6.05. The minimum atomic E-state index is 0.0599. The Labute approximate surface area is 83.1 Å². The van der Waals surface area contributed by atoms with Crippen LogP contribution < -0.4 is 5.73 Å². The summed E-state index contributed by atoms with van der Waals surface area (Å²) in [5.41, 5.74) is 6.46. The van der Waals surface area contributed by atoms with Gasteiger partial charge in [-0.1, -0.05) is 39.5 Å². The van der Waals surface area contributed by atoms with E-state index in [2.05, 4.69) is 20.8 Å². The van der Waals surface area contributed by atoms with Crippen LogP contribution in [0.4, 0.5) is 0 Å². The van der Waals surface area contributed by atoms with Gasteiger partial charge in [0, 0.05) is 5.54 Å². The first-order valence-corrected chi connectivity index (χ1v) is 5.84. The van der Waals surface area contributed by atoms with Crippen molar-refractivity contribution in [3.05, 3.63) is 0 Å². The summed E-state index contributed by atoms with van der Waals surface area (Å²) in [5, 5.41) is 0. The number of nitrogens with two attached hydrogens (primary N) is 1. The lowest BCUT2D eigenvalue weighted by Crippen LogP contribution is -2.48. The minimum Gasteiger partial charge on any atom is -0.325 e. The zero-order valence-electron chi connectivity index (χ0n) is 9.47. The van der Waals surface area contributed by atoms with Gasteiger partial charge in [0.1, 0.15) is 0 Å². The molecule has 0 aromatic heterocycles. The molecule has 78 valence electrons. The van der Waals surface area contributed by atoms with Crippen LogP contribution in [-0.2, 0) is 0 Å². The average molecular weight is 183 g/mol. The summed E-state index contributed by atoms with van der Waals surface area (Å²) >= 11 is 0. The van der Waals surface area contributed by atoms with Crippen LogP contribution in [0, 0.1) is 11.8 Å². The number of rotatable bonds is 2. The summed E-state index contributed by atoms with van der Waals surface area (Å²) in [6.07, 6.45) is 8.33. The molecule has 1 saturated carbocycles. The van der Waals surface area contributed by atoms with Crippen LogP contribution in [0.5, 0.6) is 0 Å². The van der Waals surface area contributed by atoms with Gasteiger partial charge in [-0.3, -0.25) is 0 Å². The van der Waals surface area contributed by atoms with Crippen molar-refractivity contribution in [1.29, 1.82) is 0 Å². The van der Waals surface area contributed by atoms with E-state index in [1.54, 1.807) is 0 Å². The normalized spacial score (nSPS) is 25.6. The number of hydrogen-bond acceptors (Lipinski definition) is 1. The van der Waals surface area contributed by atoms with Crippen LogP contribution in [0.2, 0.25) is 0 Å². The molecule has 0 aromatic rings. The number of hydrogen-bond donors (Lipinski definition) is 1. The molecule has 0 spiro atoms. The van der Waals surface area contributed by atoms with E-state index in [0.29, 0.717) is 5.92 Å². The van der Waals surface area contributed by atoms with Gasteiger partial charge in [0.15, 0.2) is 0 Å². The highest BCUT2D eigenvalue weighted by Crippen LogP contribution is 2.34. The van der Waals surface area contributed by atoms with Crippen molar-refractivity contribution in [1.82, 2.24) is 0 Å². The highest BCUT2D eigenvalue weighted by atomic mass is 14.8. The lowest BCUT2D eigenvalue weighted by atomic mass is 9.74. The smallest absolute Gasteiger partial charge is 0.0177 e. The topological polar surface area (TPSA) is 26.0 Å². The van der Waals surface area contributed by atoms with Gasteiger partial charge in [-0.05, 0) is 31.6 Å². The molecule has 0 amide bonds. The van der Waals surface area contributed by atoms with Gasteiger partial charge in [-0.15, -0.1) is 0 Å². The van der Waals surface area contributed by atoms with Crippen LogP contribution in [0.1, 0.15) is 59.3 Å². The molecule has 0 aliphatic heterocycles. The molecule has 0 bridgehead atoms. The van der Waals surface area contributed by atoms with Gasteiger partial charge in [0.05, 0.1) is 0 Å². The first-order valence-electron chi connectivity index (χ1n) is 5.84. The van der Waals surface area contributed by atoms with E-state index in [4.69, 9.17) is 5.73 Å². The third kappa shape index (κ3) is 2.70. The Morgan fingerprint density at radius 3 is 1.92 bits per heavy atom. The quantitative estimate of drug-likeness (QED) is 0.653. The summed E-state index contributed by atoms with van der Waals surface area (Å²) < 4.78 is 0. The van der Waals surface area contributed by atoms with Gasteiger partial charge in [0.2, 0.25) is 0 Å². The SMILES string of the molecule is CC(C)C(C)(N)C1CCCCCC1. The fraction of sp³-hybridized carbons (Fsp3) is 1.00. The van der Waals surface area contributed by atoms with Gasteiger partial charge in [-0.2, -0.15) is 0 Å². The van der Waals surface area contributed by atoms with Crippen LogP contribution in [0.25, 0.3) is 0 Å². The van der Waals surface area contributed by atoms with Crippen LogP contribution in [0.3, 0.4) is 0 Å². The Bertz CT molecular complexity index is 141. The van der Waals surface area contributed by atoms with Crippen molar-refractivity contribution in [2.45, 2.75) is 64.8 Å². The second kappa shape index (κ2) is 4.45. The Balaban J connectivity index is 2.57. The molecule has 2 N–H and O–H groups in total. The molecule has 0 radical (unpaired) electrons. The van der Waals surface area contributed by atoms with E-state index in [1.165, 1.54) is 38.5 Å². The van der Waals surface area contributed by atoms with Gasteiger partial charge in [-0.25, -0.2) is 0 Å². The predicted octanol–water partition coefficient (Wildman–Crippen LogP) is 3.33. The summed E-state index contributed by atoms with van der Waals surface area (Å²) in [6, 6.07) is 0. The van der Waals surface area contributed by atoms with Crippen molar-refractivity contribution in [2.75, 3.05) is 0 Å². The van der Waals surface area contributed by atoms with E-state index in [1.807, 2.05) is 0 Å². The molecule has 0 heterocycles. The van der Waals surface area contributed by atoms with Crippen LogP contribution in [-0.4, -0.2) is 5.54 Å². The lowest BCUT2D eigenvalue weighted by molar-refractivity contribution is 0.198. The van der Waals surface area contributed by atoms with Crippen molar-refractivity contribution in [2.24, 2.45) is 17.6 Å². The second-order valence-electron chi connectivity index (χ2n) is 5.21. The Hall–Kier alpha value is -0.0400. The average Bonchev–Trinajstić information content (AvgIpc) is 2.31. The molecule has 1 aliphatic carbocycles. The van der Waals surface area contributed by atoms with Crippen molar-refractivity contribution in [3.63, 3.8) is 0 Å². The summed E-state index contributed by atoms with van der Waals surface area (Å²) in [4.78, 5) is 0. The fourth-order valence-electron chi connectivity index (χ4n) is 2.37. The monoisotopic (exact) mass is 183 g/mol. The summed E-state index contributed by atoms with van der Waals surface area (Å²) in [6.45, 7) is 6.75. The molecule has 0 aromatic carbocycles. The van der Waals surface area contributed by atoms with E-state index < -0.39 is 0 Å². The Morgan fingerprint density at radius 1 is 1.08 bits per heavy atom. The molecule has 1 atom stereocenters. The van der Waals surface area contributed by atoms with Crippen LogP contribution >= 0.6 is 0 Å². The maximum absolute atomic E-state index is 6.40. The molecular formula is C12H25N. The maximum Gasteiger partial charge on any atom is 0.0177 e. The van der Waals surface area contributed by atoms with E-state index in [9.17, 15) is 0 Å². The van der Waals surface area contributed by atoms with Gasteiger partial charge < -0.3 is 5.73 Å². The molecule has 13 heavy (non-hydrogen) atoms. The highest BCUT2D eigenvalue weighted by molar-refractivity contribution is 4.90. The molecule has 0 saturated heterocycles. The standard InChI is InChI=1S/C12H25N/c1-10(2)12(3,13)11-8-6-4-5-7-9-11/h10-11H,4-9,13H2,1-3H3.